The number of nitrogens with one attached hydrogen (secondary N) is 1. The predicted molar refractivity (Wildman–Crippen MR) is 63.0 cm³/mol. The van der Waals surface area contributed by atoms with E-state index in [4.69, 9.17) is 5.73 Å². The Morgan fingerprint density at radius 1 is 1.47 bits per heavy atom. The Balaban J connectivity index is 2.09. The maximum atomic E-state index is 11.1. The van der Waals surface area contributed by atoms with Crippen molar-refractivity contribution in [1.82, 2.24) is 24.8 Å². The lowest BCUT2D eigenvalue weighted by Gasteiger charge is -2.03. The molecule has 7 heteroatoms. The van der Waals surface area contributed by atoms with Crippen LogP contribution in [-0.2, 0) is 11.3 Å². The van der Waals surface area contributed by atoms with Crippen molar-refractivity contribution in [3.8, 4) is 0 Å². The fourth-order valence-corrected chi connectivity index (χ4v) is 1.60. The van der Waals surface area contributed by atoms with Crippen LogP contribution in [0.4, 0.5) is 5.82 Å². The monoisotopic (exact) mass is 234 g/mol. The number of carbonyl (C=O) groups is 1. The number of imidazole rings is 1. The van der Waals surface area contributed by atoms with Gasteiger partial charge in [0.25, 0.3) is 0 Å². The molecule has 2 aromatic rings. The molecule has 0 aliphatic carbocycles. The molecule has 2 aromatic heterocycles. The van der Waals surface area contributed by atoms with Gasteiger partial charge < -0.3 is 15.6 Å². The van der Waals surface area contributed by atoms with Gasteiger partial charge in [0.1, 0.15) is 11.8 Å². The molecule has 0 unspecified atom stereocenters. The van der Waals surface area contributed by atoms with Gasteiger partial charge in [0.15, 0.2) is 11.5 Å². The lowest BCUT2D eigenvalue weighted by molar-refractivity contribution is -0.120. The van der Waals surface area contributed by atoms with Gasteiger partial charge in [-0.05, 0) is 6.42 Å². The van der Waals surface area contributed by atoms with E-state index in [2.05, 4.69) is 20.3 Å². The molecule has 0 radical (unpaired) electrons. The van der Waals surface area contributed by atoms with Crippen LogP contribution in [0.3, 0.4) is 0 Å². The number of nitrogens with zero attached hydrogens (tertiary/aromatic N) is 4. The molecule has 0 atom stereocenters. The Morgan fingerprint density at radius 3 is 3.06 bits per heavy atom. The molecule has 0 aliphatic rings. The number of hydrogen-bond donors (Lipinski definition) is 2. The summed E-state index contributed by atoms with van der Waals surface area (Å²) in [5, 5.41) is 2.58. The predicted octanol–water partition coefficient (Wildman–Crippen LogP) is -0.0653. The number of carbonyl (C=O) groups excluding carboxylic acids is 1. The smallest absolute Gasteiger partial charge is 0.219 e. The van der Waals surface area contributed by atoms with Crippen LogP contribution in [0, 0.1) is 0 Å². The second kappa shape index (κ2) is 4.77. The quantitative estimate of drug-likeness (QED) is 0.771. The van der Waals surface area contributed by atoms with E-state index in [0.717, 1.165) is 6.42 Å². The lowest BCUT2D eigenvalue weighted by atomic mass is 10.3. The maximum Gasteiger partial charge on any atom is 0.219 e. The maximum absolute atomic E-state index is 11.1. The largest absolute Gasteiger partial charge is 0.382 e. The highest BCUT2D eigenvalue weighted by Crippen LogP contribution is 2.14. The van der Waals surface area contributed by atoms with E-state index < -0.39 is 0 Å². The van der Waals surface area contributed by atoms with Gasteiger partial charge in [-0.1, -0.05) is 0 Å². The van der Waals surface area contributed by atoms with E-state index in [1.807, 2.05) is 4.57 Å². The molecule has 0 bridgehead atoms. The van der Waals surface area contributed by atoms with E-state index >= 15 is 0 Å². The Labute approximate surface area is 98.1 Å². The van der Waals surface area contributed by atoms with E-state index in [-0.39, 0.29) is 5.91 Å². The molecule has 2 heterocycles. The van der Waals surface area contributed by atoms with Gasteiger partial charge in [0.2, 0.25) is 5.91 Å². The number of nitrogen functional groups attached to an aromatic ring is 1. The first-order valence-electron chi connectivity index (χ1n) is 5.34. The average molecular weight is 234 g/mol. The zero-order valence-corrected chi connectivity index (χ0v) is 9.55. The minimum absolute atomic E-state index is 0.0311. The highest BCUT2D eigenvalue weighted by Gasteiger charge is 2.07. The molecule has 0 aromatic carbocycles. The third-order valence-electron chi connectivity index (χ3n) is 2.51. The molecule has 90 valence electrons. The number of anilines is 1. The summed E-state index contributed by atoms with van der Waals surface area (Å²) in [6.07, 6.45) is 4.29. The van der Waals surface area contributed by atoms with Crippen LogP contribution < -0.4 is 11.1 Å². The van der Waals surface area contributed by atoms with Gasteiger partial charge in [0, 0.05) is 20.0 Å². The van der Waals surface area contributed by atoms with E-state index in [1.165, 1.54) is 6.33 Å². The Bertz CT molecular complexity index is 535. The number of amides is 1. The summed E-state index contributed by atoms with van der Waals surface area (Å²) in [5.74, 6) is 0.406. The molecule has 0 fully saturated rings. The molecular formula is C10H14N6O. The van der Waals surface area contributed by atoms with Gasteiger partial charge >= 0.3 is 0 Å². The summed E-state index contributed by atoms with van der Waals surface area (Å²) >= 11 is 0. The van der Waals surface area contributed by atoms with Crippen LogP contribution in [0.25, 0.3) is 11.2 Å². The zero-order valence-electron chi connectivity index (χ0n) is 9.55. The molecule has 3 N–H and O–H groups in total. The number of aromatic nitrogens is 4. The van der Waals surface area contributed by atoms with Crippen LogP contribution in [0.2, 0.25) is 0 Å². The van der Waals surface area contributed by atoms with Crippen molar-refractivity contribution in [2.24, 2.45) is 0 Å². The molecule has 2 rings (SSSR count). The van der Waals surface area contributed by atoms with Crippen molar-refractivity contribution < 1.29 is 4.79 Å². The van der Waals surface area contributed by atoms with E-state index in [9.17, 15) is 4.79 Å². The average Bonchev–Trinajstić information content (AvgIpc) is 2.74. The number of rotatable bonds is 4. The highest BCUT2D eigenvalue weighted by molar-refractivity contribution is 5.81. The molecule has 7 nitrogen and oxygen atoms in total. The van der Waals surface area contributed by atoms with E-state index in [1.54, 1.807) is 13.4 Å². The first-order chi connectivity index (χ1) is 8.22. The molecular weight excluding hydrogens is 220 g/mol. The van der Waals surface area contributed by atoms with Gasteiger partial charge in [-0.3, -0.25) is 4.79 Å². The summed E-state index contributed by atoms with van der Waals surface area (Å²) in [4.78, 5) is 23.2. The standard InChI is InChI=1S/C10H14N6O/c1-12-7(17)3-2-4-16-6-15-8-9(11)13-5-14-10(8)16/h5-6H,2-4H2,1H3,(H,12,17)(H2,11,13,14). The molecule has 0 saturated heterocycles. The fraction of sp³-hybridized carbons (Fsp3) is 0.400. The van der Waals surface area contributed by atoms with Gasteiger partial charge in [0.05, 0.1) is 6.33 Å². The molecule has 0 spiro atoms. The summed E-state index contributed by atoms with van der Waals surface area (Å²) in [5.41, 5.74) is 6.98. The SMILES string of the molecule is CNC(=O)CCCn1cnc2c(N)ncnc21. The van der Waals surface area contributed by atoms with Crippen LogP contribution >= 0.6 is 0 Å². The van der Waals surface area contributed by atoms with Crippen molar-refractivity contribution in [1.29, 1.82) is 0 Å². The fourth-order valence-electron chi connectivity index (χ4n) is 1.60. The Hall–Kier alpha value is -2.18. The molecule has 0 saturated carbocycles. The minimum atomic E-state index is 0.0311. The van der Waals surface area contributed by atoms with Gasteiger partial charge in [-0.25, -0.2) is 15.0 Å². The zero-order chi connectivity index (χ0) is 12.3. The number of hydrogen-bond acceptors (Lipinski definition) is 5. The summed E-state index contributed by atoms with van der Waals surface area (Å²) < 4.78 is 1.87. The molecule has 17 heavy (non-hydrogen) atoms. The third kappa shape index (κ3) is 2.32. The van der Waals surface area contributed by atoms with Crippen molar-refractivity contribution in [3.05, 3.63) is 12.7 Å². The highest BCUT2D eigenvalue weighted by atomic mass is 16.1. The second-order valence-electron chi connectivity index (χ2n) is 3.65. The topological polar surface area (TPSA) is 98.7 Å². The van der Waals surface area contributed by atoms with Crippen molar-refractivity contribution in [2.75, 3.05) is 12.8 Å². The lowest BCUT2D eigenvalue weighted by Crippen LogP contribution is -2.17. The first kappa shape index (κ1) is 11.3. The number of nitrogens with two attached hydrogens (primary N) is 1. The summed E-state index contributed by atoms with van der Waals surface area (Å²) in [6, 6.07) is 0. The van der Waals surface area contributed by atoms with Crippen LogP contribution in [0.1, 0.15) is 12.8 Å². The number of fused-ring (bicyclic) bond motifs is 1. The molecule has 0 aliphatic heterocycles. The minimum Gasteiger partial charge on any atom is -0.382 e. The third-order valence-corrected chi connectivity index (χ3v) is 2.51. The summed E-state index contributed by atoms with van der Waals surface area (Å²) in [7, 11) is 1.63. The summed E-state index contributed by atoms with van der Waals surface area (Å²) in [6.45, 7) is 0.681. The van der Waals surface area contributed by atoms with E-state index in [0.29, 0.717) is 29.9 Å². The van der Waals surface area contributed by atoms with Gasteiger partial charge in [-0.15, -0.1) is 0 Å². The van der Waals surface area contributed by atoms with Crippen molar-refractivity contribution in [2.45, 2.75) is 19.4 Å². The Morgan fingerprint density at radius 2 is 2.29 bits per heavy atom. The second-order valence-corrected chi connectivity index (χ2v) is 3.65. The number of aryl methyl sites for hydroxylation is 1. The first-order valence-corrected chi connectivity index (χ1v) is 5.34. The Kier molecular flexibility index (Phi) is 3.17. The van der Waals surface area contributed by atoms with Gasteiger partial charge in [-0.2, -0.15) is 0 Å². The van der Waals surface area contributed by atoms with Crippen LogP contribution in [0.15, 0.2) is 12.7 Å². The van der Waals surface area contributed by atoms with Crippen molar-refractivity contribution in [3.63, 3.8) is 0 Å². The van der Waals surface area contributed by atoms with Crippen LogP contribution in [-0.4, -0.2) is 32.5 Å². The van der Waals surface area contributed by atoms with Crippen LogP contribution in [0.5, 0.6) is 0 Å². The normalized spacial score (nSPS) is 10.6. The van der Waals surface area contributed by atoms with Crippen molar-refractivity contribution >= 4 is 22.9 Å². The molecule has 1 amide bonds.